The van der Waals surface area contributed by atoms with Gasteiger partial charge in [0, 0.05) is 18.5 Å². The van der Waals surface area contributed by atoms with Crippen molar-refractivity contribution in [3.63, 3.8) is 0 Å². The molecule has 32 heavy (non-hydrogen) atoms. The van der Waals surface area contributed by atoms with E-state index < -0.39 is 12.2 Å². The van der Waals surface area contributed by atoms with Crippen molar-refractivity contribution in [1.29, 1.82) is 0 Å². The van der Waals surface area contributed by atoms with Gasteiger partial charge in [0.15, 0.2) is 0 Å². The number of allylic oxidation sites excluding steroid dienone is 1. The molecule has 2 aliphatic heterocycles. The van der Waals surface area contributed by atoms with Gasteiger partial charge in [-0.05, 0) is 67.5 Å². The lowest BCUT2D eigenvalue weighted by atomic mass is 9.92. The van der Waals surface area contributed by atoms with Gasteiger partial charge in [-0.25, -0.2) is 4.39 Å². The summed E-state index contributed by atoms with van der Waals surface area (Å²) in [5, 5.41) is 6.42. The summed E-state index contributed by atoms with van der Waals surface area (Å²) in [6, 6.07) is 3.06. The van der Waals surface area contributed by atoms with Crippen LogP contribution in [0.1, 0.15) is 55.3 Å². The van der Waals surface area contributed by atoms with E-state index in [9.17, 15) is 14.0 Å². The summed E-state index contributed by atoms with van der Waals surface area (Å²) in [5.41, 5.74) is 4.16. The minimum atomic E-state index is -1.17. The average molecular weight is 442 g/mol. The van der Waals surface area contributed by atoms with E-state index in [0.29, 0.717) is 12.3 Å². The Labute approximate surface area is 188 Å². The summed E-state index contributed by atoms with van der Waals surface area (Å²) >= 11 is 0. The van der Waals surface area contributed by atoms with Crippen LogP contribution in [0.4, 0.5) is 4.39 Å². The molecular weight excluding hydrogens is 409 g/mol. The first kappa shape index (κ1) is 22.5. The van der Waals surface area contributed by atoms with Crippen molar-refractivity contribution in [2.45, 2.75) is 50.9 Å². The van der Waals surface area contributed by atoms with Crippen LogP contribution in [-0.2, 0) is 9.59 Å². The second-order valence-electron chi connectivity index (χ2n) is 8.95. The summed E-state index contributed by atoms with van der Waals surface area (Å²) < 4.78 is 19.5. The number of nitrogens with zero attached hydrogens (tertiary/aromatic N) is 1. The first-order chi connectivity index (χ1) is 15.5. The highest BCUT2D eigenvalue weighted by molar-refractivity contribution is 5.85. The fraction of sp³-hybridized carbons (Fsp3) is 0.520. The molecule has 1 saturated heterocycles. The van der Waals surface area contributed by atoms with E-state index in [1.54, 1.807) is 7.11 Å². The van der Waals surface area contributed by atoms with Gasteiger partial charge >= 0.3 is 0 Å². The highest BCUT2D eigenvalue weighted by Gasteiger charge is 2.36. The lowest BCUT2D eigenvalue weighted by Gasteiger charge is -2.25. The Hall–Kier alpha value is -2.67. The van der Waals surface area contributed by atoms with E-state index >= 15 is 0 Å². The van der Waals surface area contributed by atoms with Gasteiger partial charge in [-0.15, -0.1) is 0 Å². The zero-order chi connectivity index (χ0) is 22.7. The van der Waals surface area contributed by atoms with Crippen LogP contribution in [0.25, 0.3) is 11.6 Å². The third-order valence-electron chi connectivity index (χ3n) is 6.50. The molecule has 1 aliphatic carbocycles. The number of nitrogens with one attached hydrogen (secondary N) is 2. The Morgan fingerprint density at radius 1 is 1.38 bits per heavy atom. The Balaban J connectivity index is 1.64. The maximum atomic E-state index is 13.8. The van der Waals surface area contributed by atoms with Crippen LogP contribution in [0, 0.1) is 5.92 Å². The lowest BCUT2D eigenvalue weighted by molar-refractivity contribution is -0.131. The largest absolute Gasteiger partial charge is 0.496 e. The van der Waals surface area contributed by atoms with E-state index in [-0.39, 0.29) is 24.9 Å². The molecule has 2 N–H and O–H groups in total. The summed E-state index contributed by atoms with van der Waals surface area (Å²) in [5.74, 6) is 1.10. The molecule has 6 nitrogen and oxygen atoms in total. The molecule has 1 aromatic rings. The maximum absolute atomic E-state index is 13.8. The third-order valence-corrected chi connectivity index (χ3v) is 6.50. The van der Waals surface area contributed by atoms with Crippen LogP contribution < -0.4 is 15.4 Å². The number of halogens is 1. The number of hydrogen-bond donors (Lipinski definition) is 2. The number of rotatable bonds is 8. The first-order valence-electron chi connectivity index (χ1n) is 11.5. The molecule has 0 radical (unpaired) electrons. The zero-order valence-electron chi connectivity index (χ0n) is 18.8. The van der Waals surface area contributed by atoms with Gasteiger partial charge in [0.25, 0.3) is 0 Å². The third kappa shape index (κ3) is 5.04. The summed E-state index contributed by atoms with van der Waals surface area (Å²) in [7, 11) is 1.68. The van der Waals surface area contributed by atoms with Crippen LogP contribution in [0.2, 0.25) is 0 Å². The van der Waals surface area contributed by atoms with E-state index in [1.165, 1.54) is 23.3 Å². The van der Waals surface area contributed by atoms with Crippen molar-refractivity contribution in [2.24, 2.45) is 5.92 Å². The molecule has 2 heterocycles. The maximum Gasteiger partial charge on any atom is 0.243 e. The Morgan fingerprint density at radius 2 is 2.19 bits per heavy atom. The number of benzene rings is 1. The van der Waals surface area contributed by atoms with Crippen molar-refractivity contribution >= 4 is 24.0 Å². The fourth-order valence-corrected chi connectivity index (χ4v) is 4.50. The molecule has 0 spiro atoms. The number of alkyl halides is 1. The second kappa shape index (κ2) is 9.86. The summed E-state index contributed by atoms with van der Waals surface area (Å²) in [4.78, 5) is 25.4. The van der Waals surface area contributed by atoms with E-state index in [4.69, 9.17) is 4.74 Å². The van der Waals surface area contributed by atoms with Gasteiger partial charge in [-0.3, -0.25) is 9.59 Å². The van der Waals surface area contributed by atoms with Gasteiger partial charge in [0.2, 0.25) is 12.3 Å². The number of carbonyl (C=O) groups excluding carboxylic acids is 2. The topological polar surface area (TPSA) is 70.7 Å². The standard InChI is InChI=1S/C25H32FN3O3/c1-16(28-25(31)23-11-20(26)14-29(23)15-30)21-12-22(19-4-3-9-27-13-19)24(32-2)10-18(21)8-7-17-5-6-17/h4,7-8,10,12,15-17,20,23,27H,3,5-6,9,11,13-14H2,1-2H3,(H,28,31)/b8-7+. The SMILES string of the molecule is COc1cc(/C=C/C2CC2)c(C(C)NC(=O)C2CC(F)CN2C=O)cc1C1=CCCNC1. The predicted molar refractivity (Wildman–Crippen MR) is 123 cm³/mol. The van der Waals surface area contributed by atoms with Crippen molar-refractivity contribution in [2.75, 3.05) is 26.7 Å². The Morgan fingerprint density at radius 3 is 2.84 bits per heavy atom. The molecule has 3 atom stereocenters. The monoisotopic (exact) mass is 441 g/mol. The van der Waals surface area contributed by atoms with Gasteiger partial charge in [0.1, 0.15) is 18.0 Å². The zero-order valence-corrected chi connectivity index (χ0v) is 18.8. The predicted octanol–water partition coefficient (Wildman–Crippen LogP) is 3.24. The van der Waals surface area contributed by atoms with Crippen LogP contribution >= 0.6 is 0 Å². The number of carbonyl (C=O) groups is 2. The van der Waals surface area contributed by atoms with Crippen molar-refractivity contribution in [3.05, 3.63) is 41.0 Å². The number of likely N-dealkylation sites (tertiary alicyclic amines) is 1. The van der Waals surface area contributed by atoms with Gasteiger partial charge in [0.05, 0.1) is 19.7 Å². The normalized spacial score (nSPS) is 24.3. The molecule has 4 rings (SSSR count). The quantitative estimate of drug-likeness (QED) is 0.608. The number of ether oxygens (including phenoxy) is 1. The molecule has 3 unspecified atom stereocenters. The first-order valence-corrected chi connectivity index (χ1v) is 11.5. The summed E-state index contributed by atoms with van der Waals surface area (Å²) in [6.07, 6.45) is 9.36. The number of methoxy groups -OCH3 is 1. The Kier molecular flexibility index (Phi) is 6.94. The highest BCUT2D eigenvalue weighted by atomic mass is 19.1. The summed E-state index contributed by atoms with van der Waals surface area (Å²) in [6.45, 7) is 3.62. The van der Waals surface area contributed by atoms with E-state index in [1.807, 2.05) is 13.0 Å². The van der Waals surface area contributed by atoms with Gasteiger partial charge in [-0.2, -0.15) is 0 Å². The molecule has 1 aromatic carbocycles. The van der Waals surface area contributed by atoms with Crippen molar-refractivity contribution < 1.29 is 18.7 Å². The smallest absolute Gasteiger partial charge is 0.243 e. The van der Waals surface area contributed by atoms with Gasteiger partial charge in [-0.1, -0.05) is 18.2 Å². The molecule has 172 valence electrons. The van der Waals surface area contributed by atoms with Crippen molar-refractivity contribution in [1.82, 2.24) is 15.5 Å². The number of hydrogen-bond acceptors (Lipinski definition) is 4. The van der Waals surface area contributed by atoms with Crippen LogP contribution in [-0.4, -0.2) is 56.2 Å². The lowest BCUT2D eigenvalue weighted by Crippen LogP contribution is -2.43. The van der Waals surface area contributed by atoms with Crippen LogP contribution in [0.5, 0.6) is 5.75 Å². The second-order valence-corrected chi connectivity index (χ2v) is 8.95. The molecular formula is C25H32FN3O3. The minimum absolute atomic E-state index is 0.0286. The molecule has 0 bridgehead atoms. The molecule has 7 heteroatoms. The molecule has 2 fully saturated rings. The van der Waals surface area contributed by atoms with E-state index in [0.717, 1.165) is 42.0 Å². The Bertz CT molecular complexity index is 925. The number of amides is 2. The molecule has 0 aromatic heterocycles. The average Bonchev–Trinajstić information content (AvgIpc) is 3.56. The van der Waals surface area contributed by atoms with Crippen molar-refractivity contribution in [3.8, 4) is 5.75 Å². The highest BCUT2D eigenvalue weighted by Crippen LogP contribution is 2.36. The van der Waals surface area contributed by atoms with E-state index in [2.05, 4.69) is 34.9 Å². The molecule has 2 amide bonds. The van der Waals surface area contributed by atoms with Gasteiger partial charge < -0.3 is 20.3 Å². The van der Waals surface area contributed by atoms with Crippen LogP contribution in [0.3, 0.4) is 0 Å². The fourth-order valence-electron chi connectivity index (χ4n) is 4.50. The minimum Gasteiger partial charge on any atom is -0.496 e. The van der Waals surface area contributed by atoms with Crippen LogP contribution in [0.15, 0.2) is 24.3 Å². The molecule has 3 aliphatic rings. The molecule has 1 saturated carbocycles.